The number of aldehydes is 2. The zero-order chi connectivity index (χ0) is 26.8. The quantitative estimate of drug-likeness (QED) is 0.204. The number of rotatable bonds is 6. The molecular weight excluding hydrogens is 440 g/mol. The first-order valence-corrected chi connectivity index (χ1v) is 12.8. The largest absolute Gasteiger partial charge is 0.298 e. The summed E-state index contributed by atoms with van der Waals surface area (Å²) in [5, 5.41) is 2.36. The molecule has 4 aromatic rings. The second kappa shape index (κ2) is 17.4. The second-order valence-electron chi connectivity index (χ2n) is 7.03. The number of hydrogen-bond acceptors (Lipinski definition) is 2. The Labute approximate surface area is 217 Å². The summed E-state index contributed by atoms with van der Waals surface area (Å²) in [6, 6.07) is 27.6. The lowest BCUT2D eigenvalue weighted by molar-refractivity contribution is 0.111. The molecule has 0 aliphatic heterocycles. The van der Waals surface area contributed by atoms with Crippen molar-refractivity contribution in [2.24, 2.45) is 0 Å². The van der Waals surface area contributed by atoms with Crippen LogP contribution in [0.4, 0.5) is 0 Å². The van der Waals surface area contributed by atoms with E-state index in [1.165, 1.54) is 10.8 Å². The van der Waals surface area contributed by atoms with Gasteiger partial charge in [-0.3, -0.25) is 9.59 Å². The Kier molecular flexibility index (Phi) is 14.5. The van der Waals surface area contributed by atoms with Gasteiger partial charge in [0.15, 0.2) is 0 Å². The first-order valence-electron chi connectivity index (χ1n) is 12.8. The van der Waals surface area contributed by atoms with Crippen molar-refractivity contribution in [3.63, 3.8) is 0 Å². The fourth-order valence-electron chi connectivity index (χ4n) is 3.38. The third-order valence-corrected chi connectivity index (χ3v) is 5.05. The smallest absolute Gasteiger partial charge is 0.150 e. The SMILES string of the molecule is CC.CC.CC.O=Cc1ccc(C=Cc2ccc(C=Cc3ccc(C=O)cc3)c3ccccc23)cc1. The molecule has 0 aliphatic carbocycles. The van der Waals surface area contributed by atoms with E-state index in [1.807, 2.05) is 102 Å². The summed E-state index contributed by atoms with van der Waals surface area (Å²) in [5.41, 5.74) is 5.72. The molecule has 186 valence electrons. The molecule has 0 N–H and O–H groups in total. The maximum atomic E-state index is 10.8. The van der Waals surface area contributed by atoms with E-state index < -0.39 is 0 Å². The number of hydrogen-bond donors (Lipinski definition) is 0. The first-order chi connectivity index (χ1) is 17.8. The summed E-state index contributed by atoms with van der Waals surface area (Å²) in [7, 11) is 0. The van der Waals surface area contributed by atoms with Crippen LogP contribution < -0.4 is 0 Å². The molecule has 0 saturated heterocycles. The van der Waals surface area contributed by atoms with E-state index in [-0.39, 0.29) is 0 Å². The Morgan fingerprint density at radius 1 is 0.389 bits per heavy atom. The van der Waals surface area contributed by atoms with E-state index in [2.05, 4.69) is 48.6 Å². The molecule has 0 atom stereocenters. The van der Waals surface area contributed by atoms with Crippen LogP contribution in [-0.4, -0.2) is 12.6 Å². The molecule has 4 rings (SSSR count). The van der Waals surface area contributed by atoms with Crippen molar-refractivity contribution in [2.75, 3.05) is 0 Å². The lowest BCUT2D eigenvalue weighted by atomic mass is 9.98. The minimum Gasteiger partial charge on any atom is -0.298 e. The average Bonchev–Trinajstić information content (AvgIpc) is 2.99. The van der Waals surface area contributed by atoms with Crippen molar-refractivity contribution in [1.29, 1.82) is 0 Å². The molecule has 4 aromatic carbocycles. The van der Waals surface area contributed by atoms with E-state index in [1.54, 1.807) is 0 Å². The highest BCUT2D eigenvalue weighted by Crippen LogP contribution is 2.26. The number of benzene rings is 4. The van der Waals surface area contributed by atoms with Gasteiger partial charge in [-0.1, -0.05) is 151 Å². The van der Waals surface area contributed by atoms with Gasteiger partial charge in [-0.25, -0.2) is 0 Å². The molecule has 0 radical (unpaired) electrons. The Balaban J connectivity index is 0.00000101. The van der Waals surface area contributed by atoms with Crippen molar-refractivity contribution in [3.8, 4) is 0 Å². The number of carbonyl (C=O) groups is 2. The summed E-state index contributed by atoms with van der Waals surface area (Å²) < 4.78 is 0. The number of carbonyl (C=O) groups excluding carboxylic acids is 2. The van der Waals surface area contributed by atoms with Crippen LogP contribution in [0, 0.1) is 0 Å². The van der Waals surface area contributed by atoms with Gasteiger partial charge in [-0.15, -0.1) is 0 Å². The molecule has 0 heterocycles. The third-order valence-electron chi connectivity index (χ3n) is 5.05. The summed E-state index contributed by atoms with van der Waals surface area (Å²) >= 11 is 0. The van der Waals surface area contributed by atoms with Gasteiger partial charge in [-0.05, 0) is 33.0 Å². The maximum Gasteiger partial charge on any atom is 0.150 e. The fourth-order valence-corrected chi connectivity index (χ4v) is 3.38. The van der Waals surface area contributed by atoms with E-state index in [0.717, 1.165) is 34.8 Å². The molecule has 0 bridgehead atoms. The van der Waals surface area contributed by atoms with E-state index in [0.29, 0.717) is 11.1 Å². The van der Waals surface area contributed by atoms with Crippen LogP contribution in [0.2, 0.25) is 0 Å². The molecule has 0 saturated carbocycles. The van der Waals surface area contributed by atoms with Crippen molar-refractivity contribution in [2.45, 2.75) is 41.5 Å². The summed E-state index contributed by atoms with van der Waals surface area (Å²) in [6.45, 7) is 12.0. The molecule has 0 aromatic heterocycles. The van der Waals surface area contributed by atoms with Gasteiger partial charge in [0.25, 0.3) is 0 Å². The van der Waals surface area contributed by atoms with Gasteiger partial charge in [0.2, 0.25) is 0 Å². The number of fused-ring (bicyclic) bond motifs is 1. The maximum absolute atomic E-state index is 10.8. The molecule has 2 nitrogen and oxygen atoms in total. The molecule has 0 fully saturated rings. The second-order valence-corrected chi connectivity index (χ2v) is 7.03. The van der Waals surface area contributed by atoms with Crippen molar-refractivity contribution in [3.05, 3.63) is 118 Å². The summed E-state index contributed by atoms with van der Waals surface area (Å²) in [4.78, 5) is 21.6. The standard InChI is InChI=1S/C28H20O2.3C2H6/c29-19-23-9-5-21(6-10-23)13-15-25-17-18-26(28-4-2-1-3-27(25)28)16-14-22-7-11-24(20-30)12-8-22;3*1-2/h1-20H;3*1-2H3. The first kappa shape index (κ1) is 30.0. The lowest BCUT2D eigenvalue weighted by Crippen LogP contribution is -1.84. The third kappa shape index (κ3) is 8.63. The van der Waals surface area contributed by atoms with Gasteiger partial charge in [0.05, 0.1) is 0 Å². The minimum absolute atomic E-state index is 0.675. The highest BCUT2D eigenvalue weighted by atomic mass is 16.1. The molecule has 36 heavy (non-hydrogen) atoms. The highest BCUT2D eigenvalue weighted by molar-refractivity contribution is 5.99. The van der Waals surface area contributed by atoms with Crippen molar-refractivity contribution < 1.29 is 9.59 Å². The molecule has 0 amide bonds. The predicted octanol–water partition coefficient (Wildman–Crippen LogP) is 9.88. The van der Waals surface area contributed by atoms with Crippen LogP contribution in [0.3, 0.4) is 0 Å². The van der Waals surface area contributed by atoms with Gasteiger partial charge in [0, 0.05) is 11.1 Å². The van der Waals surface area contributed by atoms with Crippen LogP contribution >= 0.6 is 0 Å². The summed E-state index contributed by atoms with van der Waals surface area (Å²) in [5.74, 6) is 0. The van der Waals surface area contributed by atoms with Crippen LogP contribution in [0.15, 0.2) is 84.9 Å². The minimum atomic E-state index is 0.675. The van der Waals surface area contributed by atoms with Crippen LogP contribution in [0.25, 0.3) is 35.1 Å². The summed E-state index contributed by atoms with van der Waals surface area (Å²) in [6.07, 6.45) is 10.0. The lowest BCUT2D eigenvalue weighted by Gasteiger charge is -2.07. The Hall–Kier alpha value is -4.04. The topological polar surface area (TPSA) is 34.1 Å². The Bertz CT molecular complexity index is 1140. The monoisotopic (exact) mass is 478 g/mol. The zero-order valence-corrected chi connectivity index (χ0v) is 22.4. The van der Waals surface area contributed by atoms with E-state index in [4.69, 9.17) is 0 Å². The normalized spacial score (nSPS) is 9.94. The Morgan fingerprint density at radius 3 is 1.00 bits per heavy atom. The van der Waals surface area contributed by atoms with E-state index >= 15 is 0 Å². The van der Waals surface area contributed by atoms with Crippen LogP contribution in [0.5, 0.6) is 0 Å². The Morgan fingerprint density at radius 2 is 0.694 bits per heavy atom. The van der Waals surface area contributed by atoms with Gasteiger partial charge in [-0.2, -0.15) is 0 Å². The van der Waals surface area contributed by atoms with Gasteiger partial charge in [0.1, 0.15) is 12.6 Å². The molecule has 0 aliphatic rings. The fraction of sp³-hybridized carbons (Fsp3) is 0.176. The molecular formula is C34H38O2. The van der Waals surface area contributed by atoms with Crippen molar-refractivity contribution in [1.82, 2.24) is 0 Å². The molecule has 2 heteroatoms. The molecule has 0 spiro atoms. The predicted molar refractivity (Wildman–Crippen MR) is 160 cm³/mol. The zero-order valence-electron chi connectivity index (χ0n) is 22.4. The highest BCUT2D eigenvalue weighted by Gasteiger charge is 2.02. The van der Waals surface area contributed by atoms with Gasteiger partial charge >= 0.3 is 0 Å². The van der Waals surface area contributed by atoms with Gasteiger partial charge < -0.3 is 0 Å². The average molecular weight is 479 g/mol. The van der Waals surface area contributed by atoms with Crippen molar-refractivity contribution >= 4 is 47.6 Å². The molecule has 0 unspecified atom stereocenters. The van der Waals surface area contributed by atoms with Crippen LogP contribution in [-0.2, 0) is 0 Å². The van der Waals surface area contributed by atoms with E-state index in [9.17, 15) is 9.59 Å². The van der Waals surface area contributed by atoms with Crippen LogP contribution in [0.1, 0.15) is 84.5 Å².